The molecule has 1 N–H and O–H groups in total. The molecule has 1 aliphatic carbocycles. The van der Waals surface area contributed by atoms with Gasteiger partial charge in [-0.3, -0.25) is 4.79 Å². The van der Waals surface area contributed by atoms with Gasteiger partial charge in [0.05, 0.1) is 4.88 Å². The van der Waals surface area contributed by atoms with Gasteiger partial charge in [0.15, 0.2) is 0 Å². The summed E-state index contributed by atoms with van der Waals surface area (Å²) in [5, 5.41) is 3.11. The number of anilines is 1. The van der Waals surface area contributed by atoms with E-state index in [1.807, 2.05) is 42.5 Å². The SMILES string of the molecule is O=C(Nc1ccccc1-c1ccccc1)c1cc2c(s1)CCCC2. The van der Waals surface area contributed by atoms with Gasteiger partial charge in [-0.05, 0) is 48.9 Å². The van der Waals surface area contributed by atoms with Crippen LogP contribution in [0.5, 0.6) is 0 Å². The lowest BCUT2D eigenvalue weighted by Gasteiger charge is -2.10. The number of thiophene rings is 1. The number of para-hydroxylation sites is 1. The van der Waals surface area contributed by atoms with Crippen LogP contribution < -0.4 is 5.32 Å². The molecule has 4 rings (SSSR count). The van der Waals surface area contributed by atoms with Crippen molar-refractivity contribution in [2.75, 3.05) is 5.32 Å². The predicted molar refractivity (Wildman–Crippen MR) is 101 cm³/mol. The monoisotopic (exact) mass is 333 g/mol. The third-order valence-corrected chi connectivity index (χ3v) is 5.72. The third-order valence-electron chi connectivity index (χ3n) is 4.48. The highest BCUT2D eigenvalue weighted by Gasteiger charge is 2.18. The summed E-state index contributed by atoms with van der Waals surface area (Å²) in [6, 6.07) is 20.2. The maximum Gasteiger partial charge on any atom is 0.265 e. The molecule has 1 aromatic heterocycles. The standard InChI is InChI=1S/C21H19NOS/c23-21(20-14-16-10-4-7-13-19(16)24-20)22-18-12-6-5-11-17(18)15-8-2-1-3-9-15/h1-3,5-6,8-9,11-12,14H,4,7,10,13H2,(H,22,23). The number of hydrogen-bond donors (Lipinski definition) is 1. The largest absolute Gasteiger partial charge is 0.321 e. The van der Waals surface area contributed by atoms with Crippen LogP contribution in [0.4, 0.5) is 5.69 Å². The first-order valence-corrected chi connectivity index (χ1v) is 9.20. The van der Waals surface area contributed by atoms with Crippen LogP contribution in [0, 0.1) is 0 Å². The molecule has 0 radical (unpaired) electrons. The van der Waals surface area contributed by atoms with Crippen LogP contribution in [-0.4, -0.2) is 5.91 Å². The molecule has 3 aromatic rings. The van der Waals surface area contributed by atoms with Crippen molar-refractivity contribution < 1.29 is 4.79 Å². The lowest BCUT2D eigenvalue weighted by molar-refractivity contribution is 0.103. The minimum atomic E-state index is -0.00205. The number of benzene rings is 2. The highest BCUT2D eigenvalue weighted by Crippen LogP contribution is 2.32. The zero-order valence-corrected chi connectivity index (χ0v) is 14.2. The molecule has 0 saturated carbocycles. The van der Waals surface area contributed by atoms with Gasteiger partial charge in [0.1, 0.15) is 0 Å². The summed E-state index contributed by atoms with van der Waals surface area (Å²) in [7, 11) is 0. The molecule has 0 saturated heterocycles. The summed E-state index contributed by atoms with van der Waals surface area (Å²) in [6.07, 6.45) is 4.71. The number of hydrogen-bond acceptors (Lipinski definition) is 2. The van der Waals surface area contributed by atoms with Crippen molar-refractivity contribution in [2.45, 2.75) is 25.7 Å². The van der Waals surface area contributed by atoms with Crippen LogP contribution in [0.1, 0.15) is 33.0 Å². The van der Waals surface area contributed by atoms with Crippen LogP contribution in [0.2, 0.25) is 0 Å². The Hall–Kier alpha value is -2.39. The summed E-state index contributed by atoms with van der Waals surface area (Å²) >= 11 is 1.65. The normalized spacial score (nSPS) is 13.3. The molecule has 1 heterocycles. The smallest absolute Gasteiger partial charge is 0.265 e. The summed E-state index contributed by atoms with van der Waals surface area (Å²) < 4.78 is 0. The molecule has 0 fully saturated rings. The van der Waals surface area contributed by atoms with E-state index in [0.717, 1.165) is 34.5 Å². The van der Waals surface area contributed by atoms with E-state index in [4.69, 9.17) is 0 Å². The molecule has 2 nitrogen and oxygen atoms in total. The van der Waals surface area contributed by atoms with E-state index >= 15 is 0 Å². The Morgan fingerprint density at radius 3 is 2.50 bits per heavy atom. The summed E-state index contributed by atoms with van der Waals surface area (Å²) in [5.41, 5.74) is 4.39. The first-order valence-electron chi connectivity index (χ1n) is 8.38. The lowest BCUT2D eigenvalue weighted by Crippen LogP contribution is -2.11. The van der Waals surface area contributed by atoms with E-state index in [1.165, 1.54) is 23.3 Å². The fourth-order valence-corrected chi connectivity index (χ4v) is 4.40. The first kappa shape index (κ1) is 15.2. The third kappa shape index (κ3) is 3.00. The van der Waals surface area contributed by atoms with Crippen molar-refractivity contribution in [3.63, 3.8) is 0 Å². The Bertz CT molecular complexity index is 843. The van der Waals surface area contributed by atoms with Crippen LogP contribution in [0.3, 0.4) is 0 Å². The Morgan fingerprint density at radius 1 is 0.917 bits per heavy atom. The molecule has 24 heavy (non-hydrogen) atoms. The quantitative estimate of drug-likeness (QED) is 0.669. The molecule has 0 spiro atoms. The van der Waals surface area contributed by atoms with Crippen LogP contribution in [0.15, 0.2) is 60.7 Å². The average Bonchev–Trinajstić information content (AvgIpc) is 3.07. The molecule has 0 atom stereocenters. The van der Waals surface area contributed by atoms with E-state index in [1.54, 1.807) is 11.3 Å². The van der Waals surface area contributed by atoms with Gasteiger partial charge in [0.2, 0.25) is 0 Å². The van der Waals surface area contributed by atoms with Crippen LogP contribution in [0.25, 0.3) is 11.1 Å². The number of amides is 1. The second-order valence-electron chi connectivity index (χ2n) is 6.13. The zero-order chi connectivity index (χ0) is 16.4. The van der Waals surface area contributed by atoms with E-state index in [0.29, 0.717) is 0 Å². The topological polar surface area (TPSA) is 29.1 Å². The maximum absolute atomic E-state index is 12.7. The second-order valence-corrected chi connectivity index (χ2v) is 7.27. The minimum Gasteiger partial charge on any atom is -0.321 e. The van der Waals surface area contributed by atoms with Gasteiger partial charge >= 0.3 is 0 Å². The molecular weight excluding hydrogens is 314 g/mol. The highest BCUT2D eigenvalue weighted by atomic mass is 32.1. The molecule has 1 aliphatic rings. The Labute approximate surface area is 146 Å². The van der Waals surface area contributed by atoms with E-state index in [9.17, 15) is 4.79 Å². The Morgan fingerprint density at radius 2 is 1.67 bits per heavy atom. The summed E-state index contributed by atoms with van der Waals surface area (Å²) in [4.78, 5) is 14.9. The van der Waals surface area contributed by atoms with Crippen molar-refractivity contribution in [2.24, 2.45) is 0 Å². The fourth-order valence-electron chi connectivity index (χ4n) is 3.25. The molecule has 0 aliphatic heterocycles. The van der Waals surface area contributed by atoms with Crippen molar-refractivity contribution in [3.05, 3.63) is 76.0 Å². The van der Waals surface area contributed by atoms with Gasteiger partial charge in [0.25, 0.3) is 5.91 Å². The number of fused-ring (bicyclic) bond motifs is 1. The number of nitrogens with one attached hydrogen (secondary N) is 1. The predicted octanol–water partition coefficient (Wildman–Crippen LogP) is 5.55. The lowest BCUT2D eigenvalue weighted by atomic mass is 9.99. The molecule has 2 aromatic carbocycles. The molecule has 1 amide bonds. The Balaban J connectivity index is 1.62. The van der Waals surface area contributed by atoms with Crippen molar-refractivity contribution in [1.82, 2.24) is 0 Å². The molecule has 0 bridgehead atoms. The van der Waals surface area contributed by atoms with Gasteiger partial charge in [0, 0.05) is 16.1 Å². The summed E-state index contributed by atoms with van der Waals surface area (Å²) in [5.74, 6) is -0.00205. The zero-order valence-electron chi connectivity index (χ0n) is 13.4. The van der Waals surface area contributed by atoms with Crippen molar-refractivity contribution in [3.8, 4) is 11.1 Å². The van der Waals surface area contributed by atoms with Crippen LogP contribution in [-0.2, 0) is 12.8 Å². The van der Waals surface area contributed by atoms with Crippen molar-refractivity contribution in [1.29, 1.82) is 0 Å². The van der Waals surface area contributed by atoms with Gasteiger partial charge in [-0.2, -0.15) is 0 Å². The van der Waals surface area contributed by atoms with Gasteiger partial charge < -0.3 is 5.32 Å². The maximum atomic E-state index is 12.7. The number of carbonyl (C=O) groups excluding carboxylic acids is 1. The molecule has 120 valence electrons. The van der Waals surface area contributed by atoms with Gasteiger partial charge in [-0.15, -0.1) is 11.3 Å². The Kier molecular flexibility index (Phi) is 4.18. The van der Waals surface area contributed by atoms with Gasteiger partial charge in [-0.25, -0.2) is 0 Å². The molecule has 3 heteroatoms. The number of aryl methyl sites for hydroxylation is 2. The highest BCUT2D eigenvalue weighted by molar-refractivity contribution is 7.14. The van der Waals surface area contributed by atoms with E-state index < -0.39 is 0 Å². The molecule has 0 unspecified atom stereocenters. The fraction of sp³-hybridized carbons (Fsp3) is 0.190. The number of carbonyl (C=O) groups is 1. The average molecular weight is 333 g/mol. The number of rotatable bonds is 3. The second kappa shape index (κ2) is 6.62. The summed E-state index contributed by atoms with van der Waals surface area (Å²) in [6.45, 7) is 0. The minimum absolute atomic E-state index is 0.00205. The molecular formula is C21H19NOS. The first-order chi connectivity index (χ1) is 11.8. The van der Waals surface area contributed by atoms with Crippen LogP contribution >= 0.6 is 11.3 Å². The van der Waals surface area contributed by atoms with Crippen molar-refractivity contribution >= 4 is 22.9 Å². The van der Waals surface area contributed by atoms with Gasteiger partial charge in [-0.1, -0.05) is 48.5 Å². The van der Waals surface area contributed by atoms with E-state index in [-0.39, 0.29) is 5.91 Å². The van der Waals surface area contributed by atoms with E-state index in [2.05, 4.69) is 23.5 Å².